The van der Waals surface area contributed by atoms with Gasteiger partial charge in [0, 0.05) is 18.8 Å². The summed E-state index contributed by atoms with van der Waals surface area (Å²) in [4.78, 5) is 17.1. The topological polar surface area (TPSA) is 46.9 Å². The van der Waals surface area contributed by atoms with Crippen molar-refractivity contribution in [3.63, 3.8) is 0 Å². The molecule has 0 bridgehead atoms. The van der Waals surface area contributed by atoms with E-state index in [1.54, 1.807) is 12.4 Å². The number of aromatic nitrogens is 2. The number of nitrogens with one attached hydrogen (secondary N) is 1. The minimum absolute atomic E-state index is 0.131. The van der Waals surface area contributed by atoms with Crippen molar-refractivity contribution in [3.8, 4) is 12.3 Å². The van der Waals surface area contributed by atoms with Crippen LogP contribution in [0, 0.1) is 12.3 Å². The summed E-state index contributed by atoms with van der Waals surface area (Å²) in [6.45, 7) is 2.72. The third kappa shape index (κ3) is 2.68. The number of hydrogen-bond acceptors (Lipinski definition) is 3. The normalized spacial score (nSPS) is 13.6. The molecule has 1 aromatic carbocycles. The molecule has 4 nitrogen and oxygen atoms in total. The van der Waals surface area contributed by atoms with Gasteiger partial charge in [0.2, 0.25) is 5.43 Å². The zero-order valence-electron chi connectivity index (χ0n) is 14.1. The van der Waals surface area contributed by atoms with Crippen LogP contribution < -0.4 is 10.7 Å². The predicted molar refractivity (Wildman–Crippen MR) is 101 cm³/mol. The van der Waals surface area contributed by atoms with E-state index in [0.717, 1.165) is 18.5 Å². The fourth-order valence-corrected chi connectivity index (χ4v) is 3.59. The molecule has 124 valence electrons. The second-order valence-electron chi connectivity index (χ2n) is 6.42. The Morgan fingerprint density at radius 3 is 2.68 bits per heavy atom. The third-order valence-corrected chi connectivity index (χ3v) is 4.83. The Bertz CT molecular complexity index is 1030. The maximum absolute atomic E-state index is 12.6. The standard InChI is InChI=1S/C21H19N3O/c1-3-14-13-24(4-2)21-19(20(14)25)11-18(12-22-21)23-17-9-15-7-5-6-8-16(15)10-17/h1,5-8,11-13,17,23H,4,9-10H2,2H3. The number of aryl methyl sites for hydroxylation is 1. The molecular weight excluding hydrogens is 310 g/mol. The van der Waals surface area contributed by atoms with E-state index in [9.17, 15) is 4.79 Å². The van der Waals surface area contributed by atoms with Crippen molar-refractivity contribution in [2.24, 2.45) is 0 Å². The third-order valence-electron chi connectivity index (χ3n) is 4.83. The highest BCUT2D eigenvalue weighted by atomic mass is 16.1. The van der Waals surface area contributed by atoms with E-state index in [4.69, 9.17) is 6.42 Å². The number of pyridine rings is 2. The number of terminal acetylenes is 1. The fourth-order valence-electron chi connectivity index (χ4n) is 3.59. The van der Waals surface area contributed by atoms with Crippen LogP contribution in [-0.2, 0) is 19.4 Å². The van der Waals surface area contributed by atoms with Crippen LogP contribution in [0.25, 0.3) is 11.0 Å². The molecule has 0 radical (unpaired) electrons. The lowest BCUT2D eigenvalue weighted by Crippen LogP contribution is -2.20. The smallest absolute Gasteiger partial charge is 0.206 e. The van der Waals surface area contributed by atoms with E-state index in [-0.39, 0.29) is 5.43 Å². The van der Waals surface area contributed by atoms with E-state index in [2.05, 4.69) is 40.5 Å². The van der Waals surface area contributed by atoms with Gasteiger partial charge in [0.15, 0.2) is 0 Å². The molecular formula is C21H19N3O. The van der Waals surface area contributed by atoms with Gasteiger partial charge in [-0.1, -0.05) is 30.2 Å². The first-order valence-electron chi connectivity index (χ1n) is 8.52. The molecule has 0 saturated carbocycles. The van der Waals surface area contributed by atoms with Crippen molar-refractivity contribution >= 4 is 16.7 Å². The maximum atomic E-state index is 12.6. The summed E-state index contributed by atoms with van der Waals surface area (Å²) in [6.07, 6.45) is 11.0. The molecule has 4 heteroatoms. The van der Waals surface area contributed by atoms with Crippen LogP contribution in [0.2, 0.25) is 0 Å². The van der Waals surface area contributed by atoms with Gasteiger partial charge in [0.05, 0.1) is 22.8 Å². The van der Waals surface area contributed by atoms with Gasteiger partial charge in [0.1, 0.15) is 5.65 Å². The van der Waals surface area contributed by atoms with E-state index in [0.29, 0.717) is 29.2 Å². The lowest BCUT2D eigenvalue weighted by molar-refractivity contribution is 0.768. The Labute approximate surface area is 146 Å². The minimum Gasteiger partial charge on any atom is -0.380 e. The van der Waals surface area contributed by atoms with Crippen LogP contribution in [0.3, 0.4) is 0 Å². The molecule has 0 amide bonds. The molecule has 3 aromatic rings. The molecule has 0 spiro atoms. The summed E-state index contributed by atoms with van der Waals surface area (Å²) in [6, 6.07) is 10.7. The molecule has 0 atom stereocenters. The Morgan fingerprint density at radius 1 is 1.32 bits per heavy atom. The summed E-state index contributed by atoms with van der Waals surface area (Å²) in [7, 11) is 0. The first-order chi connectivity index (χ1) is 12.2. The SMILES string of the molecule is C#Cc1cn(CC)c2ncc(NC3Cc4ccccc4C3)cc2c1=O. The molecule has 2 aromatic heterocycles. The number of anilines is 1. The highest BCUT2D eigenvalue weighted by molar-refractivity contribution is 5.80. The molecule has 0 unspecified atom stereocenters. The average molecular weight is 329 g/mol. The van der Waals surface area contributed by atoms with Crippen molar-refractivity contribution in [3.05, 3.63) is 69.6 Å². The summed E-state index contributed by atoms with van der Waals surface area (Å²) in [5, 5.41) is 4.09. The summed E-state index contributed by atoms with van der Waals surface area (Å²) in [5.74, 6) is 2.49. The largest absolute Gasteiger partial charge is 0.380 e. The maximum Gasteiger partial charge on any atom is 0.206 e. The fraction of sp³-hybridized carbons (Fsp3) is 0.238. The minimum atomic E-state index is -0.131. The molecule has 0 fully saturated rings. The monoisotopic (exact) mass is 329 g/mol. The number of nitrogens with zero attached hydrogens (tertiary/aromatic N) is 2. The van der Waals surface area contributed by atoms with Crippen LogP contribution in [0.5, 0.6) is 0 Å². The number of hydrogen-bond donors (Lipinski definition) is 1. The van der Waals surface area contributed by atoms with Crippen LogP contribution in [-0.4, -0.2) is 15.6 Å². The lowest BCUT2D eigenvalue weighted by Gasteiger charge is -2.15. The number of benzene rings is 1. The Hall–Kier alpha value is -3.06. The number of rotatable bonds is 3. The van der Waals surface area contributed by atoms with Gasteiger partial charge < -0.3 is 9.88 Å². The zero-order chi connectivity index (χ0) is 17.4. The van der Waals surface area contributed by atoms with Crippen molar-refractivity contribution in [2.45, 2.75) is 32.4 Å². The first-order valence-corrected chi connectivity index (χ1v) is 8.52. The van der Waals surface area contributed by atoms with Gasteiger partial charge in [-0.15, -0.1) is 6.42 Å². The highest BCUT2D eigenvalue weighted by Gasteiger charge is 2.21. The van der Waals surface area contributed by atoms with Crippen LogP contribution >= 0.6 is 0 Å². The molecule has 4 rings (SSSR count). The van der Waals surface area contributed by atoms with Gasteiger partial charge in [-0.3, -0.25) is 4.79 Å². The van der Waals surface area contributed by atoms with Crippen LogP contribution in [0.15, 0.2) is 47.5 Å². The molecule has 2 heterocycles. The van der Waals surface area contributed by atoms with Gasteiger partial charge >= 0.3 is 0 Å². The Morgan fingerprint density at radius 2 is 2.04 bits per heavy atom. The zero-order valence-corrected chi connectivity index (χ0v) is 14.1. The highest BCUT2D eigenvalue weighted by Crippen LogP contribution is 2.25. The molecule has 0 aliphatic heterocycles. The molecule has 0 saturated heterocycles. The second kappa shape index (κ2) is 6.10. The van der Waals surface area contributed by atoms with Gasteiger partial charge in [-0.25, -0.2) is 4.98 Å². The second-order valence-corrected chi connectivity index (χ2v) is 6.42. The molecule has 25 heavy (non-hydrogen) atoms. The molecule has 1 aliphatic rings. The van der Waals surface area contributed by atoms with E-state index >= 15 is 0 Å². The Kier molecular flexibility index (Phi) is 3.77. The Balaban J connectivity index is 1.69. The van der Waals surface area contributed by atoms with E-state index in [1.807, 2.05) is 17.6 Å². The van der Waals surface area contributed by atoms with Crippen molar-refractivity contribution in [2.75, 3.05) is 5.32 Å². The molecule has 1 N–H and O–H groups in total. The van der Waals surface area contributed by atoms with E-state index < -0.39 is 0 Å². The average Bonchev–Trinajstić information content (AvgIpc) is 3.04. The number of fused-ring (bicyclic) bond motifs is 2. The summed E-state index contributed by atoms with van der Waals surface area (Å²) < 4.78 is 1.92. The quantitative estimate of drug-likeness (QED) is 0.752. The first kappa shape index (κ1) is 15.5. The summed E-state index contributed by atoms with van der Waals surface area (Å²) in [5.41, 5.74) is 4.55. The van der Waals surface area contributed by atoms with E-state index in [1.165, 1.54) is 11.1 Å². The van der Waals surface area contributed by atoms with Gasteiger partial charge in [-0.05, 0) is 37.0 Å². The summed E-state index contributed by atoms with van der Waals surface area (Å²) >= 11 is 0. The molecule has 1 aliphatic carbocycles. The van der Waals surface area contributed by atoms with Crippen LogP contribution in [0.4, 0.5) is 5.69 Å². The predicted octanol–water partition coefficient (Wildman–Crippen LogP) is 2.98. The van der Waals surface area contributed by atoms with Crippen molar-refractivity contribution < 1.29 is 0 Å². The van der Waals surface area contributed by atoms with Crippen molar-refractivity contribution in [1.29, 1.82) is 0 Å². The van der Waals surface area contributed by atoms with Crippen molar-refractivity contribution in [1.82, 2.24) is 9.55 Å². The lowest BCUT2D eigenvalue weighted by atomic mass is 10.1. The van der Waals surface area contributed by atoms with Gasteiger partial charge in [0.25, 0.3) is 0 Å². The van der Waals surface area contributed by atoms with Crippen LogP contribution in [0.1, 0.15) is 23.6 Å². The van der Waals surface area contributed by atoms with Gasteiger partial charge in [-0.2, -0.15) is 0 Å².